The summed E-state index contributed by atoms with van der Waals surface area (Å²) >= 11 is 7.28. The van der Waals surface area contributed by atoms with Gasteiger partial charge in [-0.2, -0.15) is 0 Å². The van der Waals surface area contributed by atoms with Gasteiger partial charge in [0, 0.05) is 15.9 Å². The van der Waals surface area contributed by atoms with Crippen LogP contribution in [0.15, 0.2) is 21.1 Å². The predicted octanol–water partition coefficient (Wildman–Crippen LogP) is 6.04. The maximum atomic E-state index is 11.8. The summed E-state index contributed by atoms with van der Waals surface area (Å²) in [5, 5.41) is 2.01. The van der Waals surface area contributed by atoms with E-state index < -0.39 is 0 Å². The normalized spacial score (nSPS) is 18.7. The highest BCUT2D eigenvalue weighted by Crippen LogP contribution is 2.57. The summed E-state index contributed by atoms with van der Waals surface area (Å²) < 4.78 is 2.07. The Hall–Kier alpha value is -0.390. The monoisotopic (exact) mass is 445 g/mol. The zero-order valence-electron chi connectivity index (χ0n) is 14.5. The molecule has 0 unspecified atom stereocenters. The van der Waals surface area contributed by atoms with Gasteiger partial charge in [0.15, 0.2) is 0 Å². The van der Waals surface area contributed by atoms with Crippen LogP contribution in [0.4, 0.5) is 0 Å². The van der Waals surface area contributed by atoms with Gasteiger partial charge in [-0.1, -0.05) is 27.7 Å². The van der Waals surface area contributed by atoms with Crippen molar-refractivity contribution in [3.8, 4) is 0 Å². The molecule has 128 valence electrons. The fourth-order valence-electron chi connectivity index (χ4n) is 4.08. The first kappa shape index (κ1) is 18.9. The molecule has 0 fully saturated rings. The number of hydroxylamine groups is 2. The summed E-state index contributed by atoms with van der Waals surface area (Å²) in [5.74, 6) is -0.256. The zero-order valence-corrected chi connectivity index (χ0v) is 17.7. The molecule has 0 amide bonds. The number of nitrogens with zero attached hydrogens (tertiary/aromatic N) is 1. The molecule has 0 N–H and O–H groups in total. The lowest BCUT2D eigenvalue weighted by molar-refractivity contribution is -0.264. The Kier molecular flexibility index (Phi) is 5.64. The Labute approximate surface area is 156 Å². The molecule has 0 bridgehead atoms. The molecule has 0 aromatic heterocycles. The van der Waals surface area contributed by atoms with Crippen LogP contribution in [-0.2, 0) is 20.7 Å². The molecule has 1 aliphatic heterocycles. The molecule has 3 nitrogen and oxygen atoms in total. The van der Waals surface area contributed by atoms with E-state index in [2.05, 4.69) is 71.7 Å². The second-order valence-electron chi connectivity index (χ2n) is 6.17. The van der Waals surface area contributed by atoms with Crippen LogP contribution in [0.5, 0.6) is 0 Å². The van der Waals surface area contributed by atoms with E-state index in [1.165, 1.54) is 18.1 Å². The number of carbonyl (C=O) groups excluding carboxylic acids is 1. The number of carbonyl (C=O) groups is 1. The molecule has 5 heteroatoms. The summed E-state index contributed by atoms with van der Waals surface area (Å²) in [6.45, 7) is 10.2. The lowest BCUT2D eigenvalue weighted by Crippen LogP contribution is -2.51. The van der Waals surface area contributed by atoms with E-state index >= 15 is 0 Å². The molecule has 0 radical (unpaired) electrons. The van der Waals surface area contributed by atoms with Crippen LogP contribution in [0.3, 0.4) is 0 Å². The van der Waals surface area contributed by atoms with Gasteiger partial charge < -0.3 is 4.84 Å². The van der Waals surface area contributed by atoms with Crippen LogP contribution in [-0.4, -0.2) is 11.0 Å². The van der Waals surface area contributed by atoms with Crippen LogP contribution >= 0.6 is 31.9 Å². The number of benzene rings is 1. The van der Waals surface area contributed by atoms with Crippen molar-refractivity contribution < 1.29 is 9.63 Å². The Balaban J connectivity index is 2.82. The third-order valence-electron chi connectivity index (χ3n) is 5.40. The van der Waals surface area contributed by atoms with E-state index in [-0.39, 0.29) is 17.0 Å². The first-order chi connectivity index (χ1) is 10.8. The molecular formula is C18H25Br2NO2. The van der Waals surface area contributed by atoms with Crippen molar-refractivity contribution in [2.75, 3.05) is 0 Å². The molecule has 1 heterocycles. The number of fused-ring (bicyclic) bond motifs is 1. The van der Waals surface area contributed by atoms with Crippen molar-refractivity contribution in [3.05, 3.63) is 32.2 Å². The summed E-state index contributed by atoms with van der Waals surface area (Å²) in [6.07, 6.45) is 3.55. The smallest absolute Gasteiger partial charge is 0.322 e. The topological polar surface area (TPSA) is 29.5 Å². The number of hydrogen-bond donors (Lipinski definition) is 0. The second-order valence-corrected chi connectivity index (χ2v) is 7.88. The SMILES string of the molecule is CCC1(CC)c2cc(Br)c(Br)cc2C(CC)(CC)N1OC(C)=O. The van der Waals surface area contributed by atoms with Gasteiger partial charge in [0.1, 0.15) is 0 Å². The Bertz CT molecular complexity index is 562. The lowest BCUT2D eigenvalue weighted by Gasteiger charge is -2.44. The standard InChI is InChI=1S/C18H25Br2NO2/c1-6-17(7-2)13-10-15(19)16(20)11-14(13)18(8-3,9-4)21(17)23-12(5)22/h10-11H,6-9H2,1-5H3. The van der Waals surface area contributed by atoms with Crippen molar-refractivity contribution >= 4 is 37.8 Å². The van der Waals surface area contributed by atoms with E-state index in [4.69, 9.17) is 4.84 Å². The van der Waals surface area contributed by atoms with Crippen molar-refractivity contribution in [2.24, 2.45) is 0 Å². The minimum Gasteiger partial charge on any atom is -0.367 e. The molecule has 23 heavy (non-hydrogen) atoms. The van der Waals surface area contributed by atoms with E-state index in [1.54, 1.807) is 0 Å². The Morgan fingerprint density at radius 2 is 1.30 bits per heavy atom. The molecule has 1 aromatic carbocycles. The molecule has 0 saturated heterocycles. The van der Waals surface area contributed by atoms with Gasteiger partial charge in [-0.3, -0.25) is 4.79 Å². The largest absolute Gasteiger partial charge is 0.367 e. The van der Waals surface area contributed by atoms with Crippen molar-refractivity contribution in [1.82, 2.24) is 5.06 Å². The van der Waals surface area contributed by atoms with Crippen LogP contribution in [0.1, 0.15) is 71.4 Å². The first-order valence-corrected chi connectivity index (χ1v) is 9.90. The number of hydrogen-bond acceptors (Lipinski definition) is 3. The highest BCUT2D eigenvalue weighted by atomic mass is 79.9. The van der Waals surface area contributed by atoms with Gasteiger partial charge in [0.25, 0.3) is 0 Å². The van der Waals surface area contributed by atoms with Crippen molar-refractivity contribution in [2.45, 2.75) is 71.4 Å². The van der Waals surface area contributed by atoms with Crippen LogP contribution in [0.2, 0.25) is 0 Å². The Morgan fingerprint density at radius 1 is 0.957 bits per heavy atom. The minimum atomic E-state index is -0.282. The van der Waals surface area contributed by atoms with E-state index in [0.717, 1.165) is 34.6 Å². The van der Waals surface area contributed by atoms with E-state index in [1.807, 2.05) is 5.06 Å². The van der Waals surface area contributed by atoms with Gasteiger partial charge in [-0.25, -0.2) is 0 Å². The van der Waals surface area contributed by atoms with Gasteiger partial charge in [-0.05, 0) is 80.8 Å². The number of rotatable bonds is 5. The lowest BCUT2D eigenvalue weighted by atomic mass is 9.83. The van der Waals surface area contributed by atoms with Crippen molar-refractivity contribution in [3.63, 3.8) is 0 Å². The predicted molar refractivity (Wildman–Crippen MR) is 100.0 cm³/mol. The zero-order chi connectivity index (χ0) is 17.4. The molecule has 2 rings (SSSR count). The van der Waals surface area contributed by atoms with Gasteiger partial charge in [0.05, 0.1) is 11.1 Å². The van der Waals surface area contributed by atoms with Gasteiger partial charge in [-0.15, -0.1) is 5.06 Å². The highest BCUT2D eigenvalue weighted by molar-refractivity contribution is 9.13. The maximum absolute atomic E-state index is 11.8. The third kappa shape index (κ3) is 2.69. The molecule has 0 saturated carbocycles. The highest BCUT2D eigenvalue weighted by Gasteiger charge is 2.57. The quantitative estimate of drug-likeness (QED) is 0.552. The van der Waals surface area contributed by atoms with E-state index in [9.17, 15) is 4.79 Å². The fourth-order valence-corrected chi connectivity index (χ4v) is 4.77. The fraction of sp³-hybridized carbons (Fsp3) is 0.611. The average Bonchev–Trinajstić information content (AvgIpc) is 2.74. The maximum Gasteiger partial charge on any atom is 0.322 e. The Morgan fingerprint density at radius 3 is 1.57 bits per heavy atom. The van der Waals surface area contributed by atoms with Crippen LogP contribution < -0.4 is 0 Å². The molecule has 0 spiro atoms. The average molecular weight is 447 g/mol. The molecule has 1 aliphatic rings. The first-order valence-electron chi connectivity index (χ1n) is 8.31. The second kappa shape index (κ2) is 6.85. The summed E-state index contributed by atoms with van der Waals surface area (Å²) in [7, 11) is 0. The van der Waals surface area contributed by atoms with Crippen LogP contribution in [0.25, 0.3) is 0 Å². The minimum absolute atomic E-state index is 0.256. The van der Waals surface area contributed by atoms with Crippen LogP contribution in [0, 0.1) is 0 Å². The molecule has 1 aromatic rings. The van der Waals surface area contributed by atoms with Gasteiger partial charge >= 0.3 is 5.97 Å². The van der Waals surface area contributed by atoms with Gasteiger partial charge in [0.2, 0.25) is 0 Å². The molecule has 0 atom stereocenters. The summed E-state index contributed by atoms with van der Waals surface area (Å²) in [6, 6.07) is 4.38. The molecule has 0 aliphatic carbocycles. The summed E-state index contributed by atoms with van der Waals surface area (Å²) in [4.78, 5) is 17.7. The van der Waals surface area contributed by atoms with Crippen molar-refractivity contribution in [1.29, 1.82) is 0 Å². The summed E-state index contributed by atoms with van der Waals surface area (Å²) in [5.41, 5.74) is 1.97. The third-order valence-corrected chi connectivity index (χ3v) is 7.24. The van der Waals surface area contributed by atoms with E-state index in [0.29, 0.717) is 0 Å². The number of halogens is 2. The molecular weight excluding hydrogens is 422 g/mol.